The molecule has 0 aliphatic carbocycles. The van der Waals surface area contributed by atoms with Gasteiger partial charge >= 0.3 is 0 Å². The van der Waals surface area contributed by atoms with Crippen LogP contribution in [0.5, 0.6) is 0 Å². The van der Waals surface area contributed by atoms with E-state index >= 15 is 0 Å². The summed E-state index contributed by atoms with van der Waals surface area (Å²) in [5.41, 5.74) is 3.22. The molecule has 1 aromatic heterocycles. The predicted octanol–water partition coefficient (Wildman–Crippen LogP) is 6.05. The Bertz CT molecular complexity index is 957. The molecule has 0 saturated heterocycles. The van der Waals surface area contributed by atoms with E-state index < -0.39 is 0 Å². The second-order valence-electron chi connectivity index (χ2n) is 4.94. The van der Waals surface area contributed by atoms with Crippen LogP contribution >= 0.6 is 11.6 Å². The van der Waals surface area contributed by atoms with E-state index in [1.165, 1.54) is 12.1 Å². The third kappa shape index (κ3) is 1.99. The summed E-state index contributed by atoms with van der Waals surface area (Å²) in [5, 5.41) is 2.26. The molecule has 1 nitrogen and oxygen atoms in total. The number of benzene rings is 3. The van der Waals surface area contributed by atoms with E-state index in [2.05, 4.69) is 0 Å². The molecule has 3 aromatic carbocycles. The normalized spacial score (nSPS) is 11.3. The molecule has 0 spiro atoms. The molecule has 21 heavy (non-hydrogen) atoms. The van der Waals surface area contributed by atoms with Gasteiger partial charge in [0.2, 0.25) is 0 Å². The number of hydrogen-bond donors (Lipinski definition) is 0. The zero-order chi connectivity index (χ0) is 14.4. The zero-order valence-electron chi connectivity index (χ0n) is 10.9. The van der Waals surface area contributed by atoms with Crippen LogP contribution in [0.15, 0.2) is 65.1 Å². The maximum atomic E-state index is 13.3. The molecule has 4 aromatic rings. The first-order chi connectivity index (χ1) is 10.2. The van der Waals surface area contributed by atoms with Gasteiger partial charge in [-0.25, -0.2) is 4.39 Å². The Balaban J connectivity index is 2.04. The maximum absolute atomic E-state index is 13.3. The van der Waals surface area contributed by atoms with Crippen molar-refractivity contribution in [1.82, 2.24) is 0 Å². The minimum atomic E-state index is -0.319. The van der Waals surface area contributed by atoms with Gasteiger partial charge in [-0.1, -0.05) is 41.9 Å². The fraction of sp³-hybridized carbons (Fsp3) is 0. The molecule has 102 valence electrons. The van der Waals surface area contributed by atoms with Gasteiger partial charge in [-0.05, 0) is 35.4 Å². The lowest BCUT2D eigenvalue weighted by molar-refractivity contribution is 0.618. The van der Waals surface area contributed by atoms with Gasteiger partial charge in [0.15, 0.2) is 0 Å². The van der Waals surface area contributed by atoms with Crippen LogP contribution in [-0.2, 0) is 0 Å². The molecular weight excluding hydrogens is 287 g/mol. The van der Waals surface area contributed by atoms with Gasteiger partial charge in [-0.3, -0.25) is 0 Å². The van der Waals surface area contributed by atoms with Crippen LogP contribution in [0.3, 0.4) is 0 Å². The minimum absolute atomic E-state index is 0.319. The fourth-order valence-electron chi connectivity index (χ4n) is 2.63. The topological polar surface area (TPSA) is 13.1 Å². The van der Waals surface area contributed by atoms with E-state index in [1.54, 1.807) is 6.07 Å². The lowest BCUT2D eigenvalue weighted by Crippen LogP contribution is -1.78. The predicted molar refractivity (Wildman–Crippen MR) is 84.1 cm³/mol. The summed E-state index contributed by atoms with van der Waals surface area (Å²) in [7, 11) is 0. The molecule has 0 N–H and O–H groups in total. The first kappa shape index (κ1) is 12.4. The average Bonchev–Trinajstić information content (AvgIpc) is 2.85. The molecule has 0 unspecified atom stereocenters. The third-order valence-corrected chi connectivity index (χ3v) is 3.89. The van der Waals surface area contributed by atoms with Crippen molar-refractivity contribution in [3.63, 3.8) is 0 Å². The van der Waals surface area contributed by atoms with Crippen molar-refractivity contribution in [3.8, 4) is 11.1 Å². The highest BCUT2D eigenvalue weighted by Gasteiger charge is 2.13. The van der Waals surface area contributed by atoms with Crippen LogP contribution in [0.2, 0.25) is 5.02 Å². The van der Waals surface area contributed by atoms with Crippen molar-refractivity contribution >= 4 is 33.5 Å². The number of furan rings is 1. The molecule has 0 atom stereocenters. The van der Waals surface area contributed by atoms with E-state index in [9.17, 15) is 4.39 Å². The Morgan fingerprint density at radius 2 is 1.62 bits per heavy atom. The summed E-state index contributed by atoms with van der Waals surface area (Å²) in [5.74, 6) is -0.319. The lowest BCUT2D eigenvalue weighted by atomic mass is 10.0. The van der Waals surface area contributed by atoms with Gasteiger partial charge in [0, 0.05) is 16.8 Å². The molecule has 0 aliphatic heterocycles. The largest absolute Gasteiger partial charge is 0.456 e. The van der Waals surface area contributed by atoms with Crippen molar-refractivity contribution in [2.24, 2.45) is 0 Å². The van der Waals surface area contributed by atoms with E-state index in [4.69, 9.17) is 16.0 Å². The zero-order valence-corrected chi connectivity index (χ0v) is 11.7. The summed E-state index contributed by atoms with van der Waals surface area (Å²) in [4.78, 5) is 0. The second kappa shape index (κ2) is 4.61. The Hall–Kier alpha value is -2.32. The highest BCUT2D eigenvalue weighted by Crippen LogP contribution is 2.37. The Kier molecular flexibility index (Phi) is 2.72. The molecule has 0 radical (unpaired) electrons. The van der Waals surface area contributed by atoms with Crippen molar-refractivity contribution in [3.05, 3.63) is 71.5 Å². The number of halogens is 2. The molecule has 0 fully saturated rings. The monoisotopic (exact) mass is 296 g/mol. The Morgan fingerprint density at radius 3 is 2.43 bits per heavy atom. The number of fused-ring (bicyclic) bond motifs is 3. The van der Waals surface area contributed by atoms with Crippen molar-refractivity contribution in [2.45, 2.75) is 0 Å². The number of rotatable bonds is 1. The van der Waals surface area contributed by atoms with Gasteiger partial charge < -0.3 is 4.42 Å². The molecule has 1 heterocycles. The van der Waals surface area contributed by atoms with Gasteiger partial charge in [-0.2, -0.15) is 0 Å². The van der Waals surface area contributed by atoms with E-state index in [0.717, 1.165) is 21.9 Å². The van der Waals surface area contributed by atoms with E-state index in [1.807, 2.05) is 42.5 Å². The first-order valence-corrected chi connectivity index (χ1v) is 6.97. The summed E-state index contributed by atoms with van der Waals surface area (Å²) < 4.78 is 19.1. The van der Waals surface area contributed by atoms with Crippen molar-refractivity contribution in [2.75, 3.05) is 0 Å². The third-order valence-electron chi connectivity index (χ3n) is 3.59. The van der Waals surface area contributed by atoms with Gasteiger partial charge in [0.05, 0.1) is 5.02 Å². The van der Waals surface area contributed by atoms with Crippen LogP contribution in [0.1, 0.15) is 0 Å². The van der Waals surface area contributed by atoms with E-state index in [0.29, 0.717) is 16.2 Å². The summed E-state index contributed by atoms with van der Waals surface area (Å²) in [6, 6.07) is 18.3. The SMILES string of the molecule is Fc1ccc2c(c1)oc1cc(-c3ccccc3)cc(Cl)c12. The molecule has 0 aliphatic rings. The van der Waals surface area contributed by atoms with Crippen LogP contribution in [0, 0.1) is 5.82 Å². The summed E-state index contributed by atoms with van der Waals surface area (Å²) in [6.45, 7) is 0. The van der Waals surface area contributed by atoms with Crippen molar-refractivity contribution in [1.29, 1.82) is 0 Å². The quantitative estimate of drug-likeness (QED) is 0.417. The van der Waals surface area contributed by atoms with Crippen LogP contribution < -0.4 is 0 Å². The maximum Gasteiger partial charge on any atom is 0.138 e. The highest BCUT2D eigenvalue weighted by molar-refractivity contribution is 6.38. The summed E-state index contributed by atoms with van der Waals surface area (Å²) >= 11 is 6.42. The molecule has 4 rings (SSSR count). The van der Waals surface area contributed by atoms with Crippen LogP contribution in [0.4, 0.5) is 4.39 Å². The van der Waals surface area contributed by atoms with Crippen LogP contribution in [0.25, 0.3) is 33.1 Å². The first-order valence-electron chi connectivity index (χ1n) is 6.59. The van der Waals surface area contributed by atoms with Crippen LogP contribution in [-0.4, -0.2) is 0 Å². The molecule has 0 bridgehead atoms. The molecule has 3 heteroatoms. The molecule has 0 amide bonds. The number of hydrogen-bond acceptors (Lipinski definition) is 1. The lowest BCUT2D eigenvalue weighted by Gasteiger charge is -2.03. The van der Waals surface area contributed by atoms with Gasteiger partial charge in [-0.15, -0.1) is 0 Å². The summed E-state index contributed by atoms with van der Waals surface area (Å²) in [6.07, 6.45) is 0. The van der Waals surface area contributed by atoms with Crippen molar-refractivity contribution < 1.29 is 8.81 Å². The molecule has 0 saturated carbocycles. The standard InChI is InChI=1S/C18H10ClFO/c19-15-8-12(11-4-2-1-3-5-11)9-17-18(15)14-7-6-13(20)10-16(14)21-17/h1-10H. The smallest absolute Gasteiger partial charge is 0.138 e. The highest BCUT2D eigenvalue weighted by atomic mass is 35.5. The second-order valence-corrected chi connectivity index (χ2v) is 5.35. The fourth-order valence-corrected chi connectivity index (χ4v) is 2.94. The molecular formula is C18H10ClFO. The van der Waals surface area contributed by atoms with Gasteiger partial charge in [0.25, 0.3) is 0 Å². The Morgan fingerprint density at radius 1 is 0.810 bits per heavy atom. The van der Waals surface area contributed by atoms with Gasteiger partial charge in [0.1, 0.15) is 17.0 Å². The minimum Gasteiger partial charge on any atom is -0.456 e. The van der Waals surface area contributed by atoms with E-state index in [-0.39, 0.29) is 5.82 Å². The average molecular weight is 297 g/mol. The Labute approximate surface area is 125 Å².